The molecule has 1 rings (SSSR count). The first-order valence-corrected chi connectivity index (χ1v) is 5.09. The fourth-order valence-electron chi connectivity index (χ4n) is 1.33. The van der Waals surface area contributed by atoms with Gasteiger partial charge in [-0.25, -0.2) is 5.43 Å². The predicted molar refractivity (Wildman–Crippen MR) is 63.5 cm³/mol. The molecule has 1 aromatic heterocycles. The Morgan fingerprint density at radius 2 is 1.43 bits per heavy atom. The molecular formula is C5H4N8O10. The molecule has 1 N–H and O–H groups in total. The Labute approximate surface area is 122 Å². The van der Waals surface area contributed by atoms with Crippen LogP contribution in [0.2, 0.25) is 0 Å². The number of hydrogen-bond donors (Lipinski definition) is 1. The lowest BCUT2D eigenvalue weighted by Gasteiger charge is -2.08. The normalized spacial score (nSPS) is 10.8. The molecule has 23 heavy (non-hydrogen) atoms. The van der Waals surface area contributed by atoms with E-state index in [1.54, 1.807) is 5.43 Å². The van der Waals surface area contributed by atoms with E-state index in [0.29, 0.717) is 6.33 Å². The first-order valence-electron chi connectivity index (χ1n) is 5.09. The zero-order valence-corrected chi connectivity index (χ0v) is 10.5. The van der Waals surface area contributed by atoms with Gasteiger partial charge in [0.05, 0.1) is 0 Å². The summed E-state index contributed by atoms with van der Waals surface area (Å²) in [6, 6.07) is 0. The Hall–Kier alpha value is -3.99. The van der Waals surface area contributed by atoms with Crippen molar-refractivity contribution in [3.05, 3.63) is 56.9 Å². The summed E-state index contributed by atoms with van der Waals surface area (Å²) in [5.74, 6) is -6.54. The minimum absolute atomic E-state index is 0.128. The standard InChI is InChI=1S/C5H4N8O10/c14-9(15)3-4(10(16)17)8(2-6-3)7-1-5(11(18)19,12(20)21)13(22)23/h2,7H,1H2. The lowest BCUT2D eigenvalue weighted by molar-refractivity contribution is -0.965. The Bertz CT molecular complexity index is 672. The van der Waals surface area contributed by atoms with Crippen molar-refractivity contribution in [2.75, 3.05) is 12.0 Å². The maximum Gasteiger partial charge on any atom is 0.720 e. The Balaban J connectivity index is 3.25. The van der Waals surface area contributed by atoms with Crippen LogP contribution in [-0.2, 0) is 0 Å². The van der Waals surface area contributed by atoms with Crippen molar-refractivity contribution in [1.82, 2.24) is 9.66 Å². The monoisotopic (exact) mass is 336 g/mol. The van der Waals surface area contributed by atoms with Crippen molar-refractivity contribution < 1.29 is 24.6 Å². The van der Waals surface area contributed by atoms with Gasteiger partial charge >= 0.3 is 23.7 Å². The number of aromatic nitrogens is 2. The van der Waals surface area contributed by atoms with Crippen molar-refractivity contribution >= 4 is 11.6 Å². The molecule has 0 bridgehead atoms. The fourth-order valence-corrected chi connectivity index (χ4v) is 1.33. The zero-order valence-electron chi connectivity index (χ0n) is 10.5. The molecule has 0 aliphatic heterocycles. The van der Waals surface area contributed by atoms with E-state index >= 15 is 0 Å². The minimum atomic E-state index is -3.95. The molecular weight excluding hydrogens is 332 g/mol. The van der Waals surface area contributed by atoms with Crippen molar-refractivity contribution in [2.24, 2.45) is 0 Å². The minimum Gasteiger partial charge on any atom is -0.358 e. The molecule has 0 spiro atoms. The molecule has 18 nitrogen and oxygen atoms in total. The van der Waals surface area contributed by atoms with Gasteiger partial charge in [0.25, 0.3) is 6.54 Å². The van der Waals surface area contributed by atoms with Gasteiger partial charge in [0.1, 0.15) is 0 Å². The van der Waals surface area contributed by atoms with Crippen LogP contribution < -0.4 is 5.43 Å². The van der Waals surface area contributed by atoms with Crippen molar-refractivity contribution in [3.8, 4) is 0 Å². The molecule has 0 saturated carbocycles. The number of nitrogens with one attached hydrogen (secondary N) is 1. The maximum absolute atomic E-state index is 10.7. The smallest absolute Gasteiger partial charge is 0.358 e. The van der Waals surface area contributed by atoms with E-state index in [-0.39, 0.29) is 4.68 Å². The fraction of sp³-hybridized carbons (Fsp3) is 0.400. The molecule has 0 fully saturated rings. The highest BCUT2D eigenvalue weighted by molar-refractivity contribution is 5.41. The summed E-state index contributed by atoms with van der Waals surface area (Å²) in [5, 5.41) is 53.3. The van der Waals surface area contributed by atoms with E-state index in [1.165, 1.54) is 0 Å². The highest BCUT2D eigenvalue weighted by Gasteiger charge is 2.71. The van der Waals surface area contributed by atoms with Gasteiger partial charge in [0.2, 0.25) is 0 Å². The highest BCUT2D eigenvalue weighted by atomic mass is 16.7. The summed E-state index contributed by atoms with van der Waals surface area (Å²) in [6.45, 7) is -1.64. The van der Waals surface area contributed by atoms with Crippen LogP contribution in [0.5, 0.6) is 0 Å². The second kappa shape index (κ2) is 5.79. The molecule has 0 atom stereocenters. The first-order chi connectivity index (χ1) is 10.6. The SMILES string of the molecule is O=[N+]([O-])c1ncn(NCC([N+](=O)[O-])([N+](=O)[O-])[N+](=O)[O-])c1[N+](=O)[O-]. The van der Waals surface area contributed by atoms with Crippen LogP contribution in [0.15, 0.2) is 6.33 Å². The summed E-state index contributed by atoms with van der Waals surface area (Å²) < 4.78 is 0.128. The summed E-state index contributed by atoms with van der Waals surface area (Å²) in [5.41, 5.74) is 1.64. The van der Waals surface area contributed by atoms with Crippen LogP contribution in [0.3, 0.4) is 0 Å². The van der Waals surface area contributed by atoms with Gasteiger partial charge in [0, 0.05) is 4.98 Å². The van der Waals surface area contributed by atoms with E-state index in [4.69, 9.17) is 0 Å². The van der Waals surface area contributed by atoms with E-state index in [0.717, 1.165) is 0 Å². The zero-order chi connectivity index (χ0) is 17.9. The van der Waals surface area contributed by atoms with Gasteiger partial charge in [-0.05, 0) is 9.85 Å². The van der Waals surface area contributed by atoms with Gasteiger partial charge in [0.15, 0.2) is 14.8 Å². The molecule has 1 heterocycles. The van der Waals surface area contributed by atoms with Gasteiger partial charge in [-0.15, -0.1) is 0 Å². The van der Waals surface area contributed by atoms with Crippen LogP contribution in [0.25, 0.3) is 0 Å². The number of hydrogen-bond acceptors (Lipinski definition) is 12. The van der Waals surface area contributed by atoms with E-state index in [9.17, 15) is 50.6 Å². The van der Waals surface area contributed by atoms with Gasteiger partial charge in [-0.2, -0.15) is 0 Å². The topological polar surface area (TPSA) is 246 Å². The molecule has 0 aliphatic carbocycles. The maximum atomic E-state index is 10.7. The third-order valence-electron chi connectivity index (χ3n) is 2.43. The summed E-state index contributed by atoms with van der Waals surface area (Å²) in [7, 11) is 0. The summed E-state index contributed by atoms with van der Waals surface area (Å²) in [6.07, 6.45) is 0.418. The second-order valence-electron chi connectivity index (χ2n) is 3.66. The Kier molecular flexibility index (Phi) is 4.29. The van der Waals surface area contributed by atoms with E-state index in [1.807, 2.05) is 0 Å². The quantitative estimate of drug-likeness (QED) is 0.331. The largest absolute Gasteiger partial charge is 0.720 e. The molecule has 1 aromatic rings. The van der Waals surface area contributed by atoms with E-state index < -0.39 is 48.6 Å². The Morgan fingerprint density at radius 3 is 1.78 bits per heavy atom. The molecule has 0 unspecified atom stereocenters. The number of nitro groups is 5. The van der Waals surface area contributed by atoms with Crippen LogP contribution in [0.4, 0.5) is 11.6 Å². The molecule has 0 amide bonds. The van der Waals surface area contributed by atoms with Crippen molar-refractivity contribution in [1.29, 1.82) is 0 Å². The molecule has 18 heteroatoms. The highest BCUT2D eigenvalue weighted by Crippen LogP contribution is 2.23. The van der Waals surface area contributed by atoms with Crippen LogP contribution in [0.1, 0.15) is 0 Å². The average Bonchev–Trinajstić information content (AvgIpc) is 2.82. The first kappa shape index (κ1) is 17.1. The molecule has 0 radical (unpaired) electrons. The lowest BCUT2D eigenvalue weighted by atomic mass is 10.4. The molecule has 0 aliphatic rings. The van der Waals surface area contributed by atoms with Gasteiger partial charge in [-0.3, -0.25) is 30.3 Å². The molecule has 0 aromatic carbocycles. The Morgan fingerprint density at radius 1 is 0.957 bits per heavy atom. The van der Waals surface area contributed by atoms with Crippen LogP contribution >= 0.6 is 0 Å². The van der Waals surface area contributed by atoms with Crippen molar-refractivity contribution in [2.45, 2.75) is 5.79 Å². The summed E-state index contributed by atoms with van der Waals surface area (Å²) in [4.78, 5) is 48.3. The second-order valence-corrected chi connectivity index (χ2v) is 3.66. The number of rotatable bonds is 8. The third-order valence-corrected chi connectivity index (χ3v) is 2.43. The molecule has 0 saturated heterocycles. The average molecular weight is 336 g/mol. The number of nitrogens with zero attached hydrogens (tertiary/aromatic N) is 7. The van der Waals surface area contributed by atoms with Gasteiger partial charge < -0.3 is 20.2 Å². The van der Waals surface area contributed by atoms with E-state index in [2.05, 4.69) is 4.98 Å². The van der Waals surface area contributed by atoms with Gasteiger partial charge in [-0.1, -0.05) is 4.68 Å². The summed E-state index contributed by atoms with van der Waals surface area (Å²) >= 11 is 0. The van der Waals surface area contributed by atoms with Crippen molar-refractivity contribution in [3.63, 3.8) is 0 Å². The van der Waals surface area contributed by atoms with Crippen LogP contribution in [-0.4, -0.2) is 46.6 Å². The lowest BCUT2D eigenvalue weighted by Crippen LogP contribution is -2.58. The molecule has 124 valence electrons. The van der Waals surface area contributed by atoms with Crippen LogP contribution in [0, 0.1) is 50.6 Å². The number of imidazole rings is 1. The predicted octanol–water partition coefficient (Wildman–Crippen LogP) is -1.27. The third kappa shape index (κ3) is 2.74.